The number of aryl methyl sites for hydroxylation is 1. The molecule has 1 heterocycles. The number of nitrogens with one attached hydrogen (secondary N) is 1. The Kier molecular flexibility index (Phi) is 6.24. The molecule has 1 N–H and O–H groups in total. The minimum Gasteiger partial charge on any atom is -0.453 e. The third-order valence-electron chi connectivity index (χ3n) is 4.23. The maximum absolute atomic E-state index is 14.3. The van der Waals surface area contributed by atoms with E-state index >= 15 is 0 Å². The summed E-state index contributed by atoms with van der Waals surface area (Å²) in [5.74, 6) is -0.269. The van der Waals surface area contributed by atoms with E-state index in [4.69, 9.17) is 4.74 Å². The monoisotopic (exact) mass is 391 g/mol. The zero-order valence-corrected chi connectivity index (χ0v) is 16.5. The number of halogens is 1. The van der Waals surface area contributed by atoms with Crippen molar-refractivity contribution >= 4 is 23.4 Å². The smallest absolute Gasteiger partial charge is 0.248 e. The number of ether oxygens (including phenoxy) is 1. The fourth-order valence-electron chi connectivity index (χ4n) is 2.65. The molecule has 0 radical (unpaired) electrons. The van der Waals surface area contributed by atoms with Crippen LogP contribution in [0.3, 0.4) is 0 Å². The molecule has 148 valence electrons. The molecule has 0 saturated heterocycles. The lowest BCUT2D eigenvalue weighted by molar-refractivity contribution is -0.111. The van der Waals surface area contributed by atoms with Crippen LogP contribution in [0.1, 0.15) is 11.1 Å². The van der Waals surface area contributed by atoms with E-state index in [1.54, 1.807) is 30.5 Å². The molecule has 0 aliphatic rings. The van der Waals surface area contributed by atoms with Crippen molar-refractivity contribution in [3.8, 4) is 11.5 Å². The summed E-state index contributed by atoms with van der Waals surface area (Å²) in [5.41, 5.74) is 3.30. The van der Waals surface area contributed by atoms with E-state index < -0.39 is 5.82 Å². The van der Waals surface area contributed by atoms with E-state index in [2.05, 4.69) is 10.3 Å². The molecule has 6 heteroatoms. The third kappa shape index (κ3) is 5.42. The molecule has 3 aromatic rings. The SMILES string of the molecule is Cc1cc(N(C)C)ccc1NC(=O)/C=C/c1ccc(Oc2cccnc2)c(F)c1. The van der Waals surface area contributed by atoms with Crippen molar-refractivity contribution in [2.45, 2.75) is 6.92 Å². The Morgan fingerprint density at radius 2 is 2.00 bits per heavy atom. The Bertz CT molecular complexity index is 1030. The number of aromatic nitrogens is 1. The molecule has 0 spiro atoms. The number of anilines is 2. The van der Waals surface area contributed by atoms with Gasteiger partial charge in [-0.25, -0.2) is 4.39 Å². The summed E-state index contributed by atoms with van der Waals surface area (Å²) in [6.07, 6.45) is 6.04. The van der Waals surface area contributed by atoms with Crippen molar-refractivity contribution in [1.82, 2.24) is 4.98 Å². The summed E-state index contributed by atoms with van der Waals surface area (Å²) in [4.78, 5) is 18.1. The van der Waals surface area contributed by atoms with Gasteiger partial charge in [0.05, 0.1) is 6.20 Å². The van der Waals surface area contributed by atoms with Crippen LogP contribution in [-0.4, -0.2) is 25.0 Å². The minimum absolute atomic E-state index is 0.0937. The minimum atomic E-state index is -0.522. The van der Waals surface area contributed by atoms with Crippen LogP contribution in [0, 0.1) is 12.7 Å². The van der Waals surface area contributed by atoms with E-state index in [1.165, 1.54) is 24.4 Å². The van der Waals surface area contributed by atoms with Crippen molar-refractivity contribution in [3.05, 3.63) is 83.9 Å². The van der Waals surface area contributed by atoms with Crippen molar-refractivity contribution < 1.29 is 13.9 Å². The van der Waals surface area contributed by atoms with Crippen LogP contribution in [0.2, 0.25) is 0 Å². The van der Waals surface area contributed by atoms with Crippen LogP contribution in [0.4, 0.5) is 15.8 Å². The Hall–Kier alpha value is -3.67. The molecule has 0 unspecified atom stereocenters. The standard InChI is InChI=1S/C23H22FN3O2/c1-16-13-18(27(2)3)8-9-21(16)26-23(28)11-7-17-6-10-22(20(24)14-17)29-19-5-4-12-25-15-19/h4-15H,1-3H3,(H,26,28)/b11-7+. The van der Waals surface area contributed by atoms with Gasteiger partial charge in [-0.1, -0.05) is 6.07 Å². The summed E-state index contributed by atoms with van der Waals surface area (Å²) < 4.78 is 19.7. The van der Waals surface area contributed by atoms with Gasteiger partial charge in [-0.15, -0.1) is 0 Å². The molecule has 0 aliphatic carbocycles. The highest BCUT2D eigenvalue weighted by Crippen LogP contribution is 2.25. The molecule has 0 atom stereocenters. The highest BCUT2D eigenvalue weighted by atomic mass is 19.1. The molecule has 0 aliphatic heterocycles. The average molecular weight is 391 g/mol. The lowest BCUT2D eigenvalue weighted by Crippen LogP contribution is -2.11. The number of pyridine rings is 1. The molecule has 3 rings (SSSR count). The van der Waals surface area contributed by atoms with E-state index in [-0.39, 0.29) is 11.7 Å². The molecule has 0 fully saturated rings. The molecule has 5 nitrogen and oxygen atoms in total. The summed E-state index contributed by atoms with van der Waals surface area (Å²) in [7, 11) is 3.92. The normalized spacial score (nSPS) is 10.8. The lowest BCUT2D eigenvalue weighted by atomic mass is 10.1. The summed E-state index contributed by atoms with van der Waals surface area (Å²) in [5, 5.41) is 2.84. The van der Waals surface area contributed by atoms with Gasteiger partial charge < -0.3 is 15.0 Å². The zero-order chi connectivity index (χ0) is 20.8. The van der Waals surface area contributed by atoms with Crippen molar-refractivity contribution in [2.75, 3.05) is 24.3 Å². The van der Waals surface area contributed by atoms with Gasteiger partial charge in [0.25, 0.3) is 0 Å². The van der Waals surface area contributed by atoms with Crippen molar-refractivity contribution in [3.63, 3.8) is 0 Å². The number of nitrogens with zero attached hydrogens (tertiary/aromatic N) is 2. The number of hydrogen-bond donors (Lipinski definition) is 1. The predicted molar refractivity (Wildman–Crippen MR) is 114 cm³/mol. The van der Waals surface area contributed by atoms with E-state index in [9.17, 15) is 9.18 Å². The number of carbonyl (C=O) groups is 1. The third-order valence-corrected chi connectivity index (χ3v) is 4.23. The molecule has 29 heavy (non-hydrogen) atoms. The van der Waals surface area contributed by atoms with Crippen LogP contribution in [0.25, 0.3) is 6.08 Å². The van der Waals surface area contributed by atoms with Gasteiger partial charge in [0.15, 0.2) is 11.6 Å². The number of carbonyl (C=O) groups excluding carboxylic acids is 1. The summed E-state index contributed by atoms with van der Waals surface area (Å²) in [6.45, 7) is 1.93. The van der Waals surface area contributed by atoms with Gasteiger partial charge in [0, 0.05) is 37.7 Å². The zero-order valence-electron chi connectivity index (χ0n) is 16.5. The van der Waals surface area contributed by atoms with Gasteiger partial charge in [0.2, 0.25) is 5.91 Å². The van der Waals surface area contributed by atoms with Crippen LogP contribution in [-0.2, 0) is 4.79 Å². The van der Waals surface area contributed by atoms with Crippen LogP contribution < -0.4 is 15.0 Å². The lowest BCUT2D eigenvalue weighted by Gasteiger charge is -2.15. The molecular formula is C23H22FN3O2. The van der Waals surface area contributed by atoms with E-state index in [1.807, 2.05) is 44.1 Å². The van der Waals surface area contributed by atoms with Gasteiger partial charge in [0.1, 0.15) is 5.75 Å². The van der Waals surface area contributed by atoms with Crippen LogP contribution in [0.15, 0.2) is 67.0 Å². The highest BCUT2D eigenvalue weighted by molar-refractivity contribution is 6.02. The molecule has 0 saturated carbocycles. The fourth-order valence-corrected chi connectivity index (χ4v) is 2.65. The van der Waals surface area contributed by atoms with Crippen LogP contribution >= 0.6 is 0 Å². The maximum atomic E-state index is 14.3. The quantitative estimate of drug-likeness (QED) is 0.598. The fraction of sp³-hybridized carbons (Fsp3) is 0.130. The Morgan fingerprint density at radius 1 is 1.17 bits per heavy atom. The summed E-state index contributed by atoms with van der Waals surface area (Å²) in [6, 6.07) is 13.7. The first kappa shape index (κ1) is 20.1. The van der Waals surface area contributed by atoms with Gasteiger partial charge in [-0.3, -0.25) is 9.78 Å². The maximum Gasteiger partial charge on any atom is 0.248 e. The van der Waals surface area contributed by atoms with Gasteiger partial charge in [-0.2, -0.15) is 0 Å². The second-order valence-electron chi connectivity index (χ2n) is 6.70. The largest absolute Gasteiger partial charge is 0.453 e. The first-order chi connectivity index (χ1) is 13.9. The van der Waals surface area contributed by atoms with E-state index in [0.717, 1.165) is 16.9 Å². The number of hydrogen-bond acceptors (Lipinski definition) is 4. The topological polar surface area (TPSA) is 54.5 Å². The second-order valence-corrected chi connectivity index (χ2v) is 6.70. The second kappa shape index (κ2) is 9.01. The van der Waals surface area contributed by atoms with Crippen molar-refractivity contribution in [1.29, 1.82) is 0 Å². The molecule has 2 aromatic carbocycles. The molecule has 1 aromatic heterocycles. The van der Waals surface area contributed by atoms with Gasteiger partial charge in [-0.05, 0) is 66.6 Å². The predicted octanol–water partition coefficient (Wildman–Crippen LogP) is 5.04. The molecule has 1 amide bonds. The number of rotatable bonds is 6. The van der Waals surface area contributed by atoms with E-state index in [0.29, 0.717) is 11.3 Å². The number of amides is 1. The Balaban J connectivity index is 1.65. The Morgan fingerprint density at radius 3 is 2.66 bits per heavy atom. The first-order valence-corrected chi connectivity index (χ1v) is 9.07. The van der Waals surface area contributed by atoms with Crippen LogP contribution in [0.5, 0.6) is 11.5 Å². The average Bonchev–Trinajstić information content (AvgIpc) is 2.70. The number of benzene rings is 2. The summed E-state index contributed by atoms with van der Waals surface area (Å²) >= 11 is 0. The highest BCUT2D eigenvalue weighted by Gasteiger charge is 2.07. The van der Waals surface area contributed by atoms with Gasteiger partial charge >= 0.3 is 0 Å². The Labute approximate surface area is 169 Å². The molecule has 0 bridgehead atoms. The first-order valence-electron chi connectivity index (χ1n) is 9.07. The van der Waals surface area contributed by atoms with Crippen molar-refractivity contribution in [2.24, 2.45) is 0 Å². The molecular weight excluding hydrogens is 369 g/mol.